The van der Waals surface area contributed by atoms with Gasteiger partial charge in [0.05, 0.1) is 12.2 Å². The summed E-state index contributed by atoms with van der Waals surface area (Å²) in [7, 11) is 3.63. The van der Waals surface area contributed by atoms with Crippen LogP contribution in [0, 0.1) is 0 Å². The smallest absolute Gasteiger partial charge is 0.354 e. The molecule has 0 fully saturated rings. The number of rotatable bonds is 3. The van der Waals surface area contributed by atoms with Crippen LogP contribution in [-0.4, -0.2) is 62.5 Å². The van der Waals surface area contributed by atoms with Crippen LogP contribution in [0.1, 0.15) is 21.0 Å². The number of carbonyl (C=O) groups excluding carboxylic acids is 1. The molecule has 1 aromatic carbocycles. The Balaban J connectivity index is 2.01. The number of aromatic hydroxyl groups is 1. The minimum absolute atomic E-state index is 0.0454. The van der Waals surface area contributed by atoms with Crippen molar-refractivity contribution in [3.8, 4) is 5.75 Å². The van der Waals surface area contributed by atoms with Crippen LogP contribution >= 0.6 is 0 Å². The van der Waals surface area contributed by atoms with Crippen LogP contribution in [0.25, 0.3) is 21.8 Å². The van der Waals surface area contributed by atoms with Gasteiger partial charge in [-0.1, -0.05) is 0 Å². The molecule has 0 radical (unpaired) electrons. The Morgan fingerprint density at radius 1 is 1.19 bits per heavy atom. The minimum atomic E-state index is -1.22. The third kappa shape index (κ3) is 2.34. The monoisotopic (exact) mass is 352 g/mol. The van der Waals surface area contributed by atoms with E-state index in [1.807, 2.05) is 11.9 Å². The fourth-order valence-corrected chi connectivity index (χ4v) is 3.27. The molecule has 0 saturated carbocycles. The van der Waals surface area contributed by atoms with Gasteiger partial charge in [-0.25, -0.2) is 9.78 Å². The van der Waals surface area contributed by atoms with Crippen molar-refractivity contribution in [1.29, 1.82) is 0 Å². The van der Waals surface area contributed by atoms with E-state index in [0.717, 1.165) is 0 Å². The minimum Gasteiger partial charge on any atom is -0.508 e. The van der Waals surface area contributed by atoms with E-state index in [9.17, 15) is 19.8 Å². The topological polar surface area (TPSA) is 110 Å². The second-order valence-electron chi connectivity index (χ2n) is 6.38. The number of pyridine rings is 1. The van der Waals surface area contributed by atoms with Gasteiger partial charge in [0.25, 0.3) is 0 Å². The first kappa shape index (κ1) is 15.9. The third-order valence-corrected chi connectivity index (χ3v) is 4.43. The number of Topliss-reactive ketones (excluding diaryl/α,β-unsaturated/α-hetero) is 1. The van der Waals surface area contributed by atoms with Gasteiger partial charge in [0.2, 0.25) is 5.78 Å². The zero-order valence-electron chi connectivity index (χ0n) is 14.1. The summed E-state index contributed by atoms with van der Waals surface area (Å²) < 4.78 is 0. The molecule has 1 aliphatic heterocycles. The Hall–Kier alpha value is -3.55. The molecular weight excluding hydrogens is 336 g/mol. The van der Waals surface area contributed by atoms with E-state index in [1.165, 1.54) is 18.2 Å². The molecule has 0 atom stereocenters. The molecule has 3 heterocycles. The second kappa shape index (κ2) is 5.48. The first-order valence-electron chi connectivity index (χ1n) is 7.92. The van der Waals surface area contributed by atoms with E-state index in [2.05, 4.69) is 9.97 Å². The zero-order valence-corrected chi connectivity index (χ0v) is 14.1. The lowest BCUT2D eigenvalue weighted by Gasteiger charge is -2.15. The van der Waals surface area contributed by atoms with Crippen molar-refractivity contribution in [1.82, 2.24) is 19.8 Å². The summed E-state index contributed by atoms with van der Waals surface area (Å²) in [6, 6.07) is 6.13. The summed E-state index contributed by atoms with van der Waals surface area (Å²) in [5, 5.41) is 20.3. The second-order valence-corrected chi connectivity index (χ2v) is 6.38. The van der Waals surface area contributed by atoms with Crippen LogP contribution in [-0.2, 0) is 0 Å². The number of aromatic carboxylic acids is 1. The van der Waals surface area contributed by atoms with Crippen molar-refractivity contribution in [2.75, 3.05) is 20.8 Å². The molecule has 2 aromatic heterocycles. The van der Waals surface area contributed by atoms with Crippen molar-refractivity contribution in [2.24, 2.45) is 0 Å². The van der Waals surface area contributed by atoms with Crippen molar-refractivity contribution in [2.45, 2.75) is 0 Å². The molecule has 0 unspecified atom stereocenters. The number of likely N-dealkylation sites (N-methyl/N-ethyl adjacent to an activating group) is 1. The number of carboxylic acids is 1. The van der Waals surface area contributed by atoms with Crippen molar-refractivity contribution in [3.05, 3.63) is 47.6 Å². The first-order chi connectivity index (χ1) is 12.3. The Labute approximate surface area is 148 Å². The van der Waals surface area contributed by atoms with Gasteiger partial charge in [0.1, 0.15) is 22.8 Å². The Morgan fingerprint density at radius 3 is 2.62 bits per heavy atom. The number of allylic oxidation sites excluding steroid dienone is 1. The van der Waals surface area contributed by atoms with Gasteiger partial charge in [0, 0.05) is 36.6 Å². The van der Waals surface area contributed by atoms with Crippen molar-refractivity contribution >= 4 is 33.6 Å². The van der Waals surface area contributed by atoms with Crippen molar-refractivity contribution in [3.63, 3.8) is 0 Å². The Bertz CT molecular complexity index is 1120. The average molecular weight is 352 g/mol. The number of aromatic amines is 1. The SMILES string of the molecule is CN1C=C(C(=O)c2nc(C(=O)O)cc3c2[nH]c2ccc(O)cc23)N(C)C1. The number of phenolic OH excluding ortho intramolecular Hbond substituents is 1. The molecule has 8 nitrogen and oxygen atoms in total. The molecule has 3 aromatic rings. The fraction of sp³-hybridized carbons (Fsp3) is 0.167. The highest BCUT2D eigenvalue weighted by Gasteiger charge is 2.27. The maximum Gasteiger partial charge on any atom is 0.354 e. The largest absolute Gasteiger partial charge is 0.508 e. The van der Waals surface area contributed by atoms with E-state index >= 15 is 0 Å². The number of nitrogens with one attached hydrogen (secondary N) is 1. The van der Waals surface area contributed by atoms with Gasteiger partial charge in [-0.2, -0.15) is 0 Å². The number of phenols is 1. The lowest BCUT2D eigenvalue weighted by atomic mass is 10.1. The zero-order chi connectivity index (χ0) is 18.6. The van der Waals surface area contributed by atoms with E-state index in [0.29, 0.717) is 34.2 Å². The van der Waals surface area contributed by atoms with Crippen LogP contribution in [0.2, 0.25) is 0 Å². The van der Waals surface area contributed by atoms with Gasteiger partial charge in [-0.3, -0.25) is 4.79 Å². The Kier molecular flexibility index (Phi) is 3.36. The van der Waals surface area contributed by atoms with Crippen LogP contribution < -0.4 is 0 Å². The van der Waals surface area contributed by atoms with E-state index in [1.54, 1.807) is 24.2 Å². The van der Waals surface area contributed by atoms with E-state index in [4.69, 9.17) is 0 Å². The van der Waals surface area contributed by atoms with Crippen LogP contribution in [0.3, 0.4) is 0 Å². The molecule has 0 bridgehead atoms. The molecule has 3 N–H and O–H groups in total. The summed E-state index contributed by atoms with van der Waals surface area (Å²) >= 11 is 0. The molecule has 0 aliphatic carbocycles. The molecule has 8 heteroatoms. The highest BCUT2D eigenvalue weighted by Crippen LogP contribution is 2.31. The number of H-pyrrole nitrogens is 1. The van der Waals surface area contributed by atoms with Gasteiger partial charge < -0.3 is 25.0 Å². The number of hydrogen-bond acceptors (Lipinski definition) is 6. The predicted octanol–water partition coefficient (Wildman–Crippen LogP) is 1.98. The van der Waals surface area contributed by atoms with Gasteiger partial charge in [-0.15, -0.1) is 0 Å². The molecule has 132 valence electrons. The summed E-state index contributed by atoms with van der Waals surface area (Å²) in [6.45, 7) is 0.559. The quantitative estimate of drug-likeness (QED) is 0.618. The summed E-state index contributed by atoms with van der Waals surface area (Å²) in [4.78, 5) is 35.4. The Morgan fingerprint density at radius 2 is 1.96 bits per heavy atom. The van der Waals surface area contributed by atoms with Gasteiger partial charge in [0.15, 0.2) is 0 Å². The van der Waals surface area contributed by atoms with E-state index < -0.39 is 5.97 Å². The number of carbonyl (C=O) groups is 2. The molecule has 0 amide bonds. The molecule has 0 saturated heterocycles. The van der Waals surface area contributed by atoms with Gasteiger partial charge in [-0.05, 0) is 24.3 Å². The van der Waals surface area contributed by atoms with Crippen LogP contribution in [0.5, 0.6) is 5.75 Å². The van der Waals surface area contributed by atoms with Crippen LogP contribution in [0.4, 0.5) is 0 Å². The molecule has 0 spiro atoms. The maximum absolute atomic E-state index is 13.1. The standard InChI is InChI=1S/C18H16N4O4/c1-21-7-14(22(2)8-21)17(24)16-15-11(6-13(20-16)18(25)26)10-5-9(23)3-4-12(10)19-15/h3-7,19,23H,8H2,1-2H3,(H,25,26). The highest BCUT2D eigenvalue weighted by molar-refractivity contribution is 6.19. The lowest BCUT2D eigenvalue weighted by Crippen LogP contribution is -2.24. The highest BCUT2D eigenvalue weighted by atomic mass is 16.4. The molecule has 26 heavy (non-hydrogen) atoms. The van der Waals surface area contributed by atoms with E-state index in [-0.39, 0.29) is 22.9 Å². The van der Waals surface area contributed by atoms with Gasteiger partial charge >= 0.3 is 5.97 Å². The number of carboxylic acid groups (broad SMARTS) is 1. The lowest BCUT2D eigenvalue weighted by molar-refractivity contribution is 0.0690. The number of benzene rings is 1. The molecule has 1 aliphatic rings. The normalized spacial score (nSPS) is 14.3. The molecular formula is C18H16N4O4. The summed E-state index contributed by atoms with van der Waals surface area (Å²) in [6.07, 6.45) is 1.71. The van der Waals surface area contributed by atoms with Crippen molar-refractivity contribution < 1.29 is 19.8 Å². The maximum atomic E-state index is 13.1. The summed E-state index contributed by atoms with van der Waals surface area (Å²) in [5.74, 6) is -1.53. The number of nitrogens with zero attached hydrogens (tertiary/aromatic N) is 3. The number of hydrogen-bond donors (Lipinski definition) is 3. The number of fused-ring (bicyclic) bond motifs is 3. The number of ketones is 1. The molecule has 4 rings (SSSR count). The number of aromatic nitrogens is 2. The predicted molar refractivity (Wildman–Crippen MR) is 95.0 cm³/mol. The third-order valence-electron chi connectivity index (χ3n) is 4.43. The van der Waals surface area contributed by atoms with Crippen LogP contribution in [0.15, 0.2) is 36.2 Å². The fourth-order valence-electron chi connectivity index (χ4n) is 3.27. The first-order valence-corrected chi connectivity index (χ1v) is 7.92. The average Bonchev–Trinajstić information content (AvgIpc) is 3.12. The summed E-state index contributed by atoms with van der Waals surface area (Å²) in [5.41, 5.74) is 1.39.